The molecule has 2 nitrogen and oxygen atoms in total. The van der Waals surface area contributed by atoms with Crippen molar-refractivity contribution in [3.8, 4) is 0 Å². The Labute approximate surface area is 76.7 Å². The molecule has 1 aliphatic rings. The molecule has 2 heteroatoms. The molecule has 0 radical (unpaired) electrons. The first-order chi connectivity index (χ1) is 6.34. The van der Waals surface area contributed by atoms with Crippen LogP contribution < -0.4 is 0 Å². The third-order valence-corrected chi connectivity index (χ3v) is 2.62. The van der Waals surface area contributed by atoms with E-state index in [2.05, 4.69) is 42.1 Å². The average molecular weight is 173 g/mol. The molecule has 0 aliphatic carbocycles. The molecule has 0 saturated carbocycles. The molecular formula is C11H11NO. The number of aromatic nitrogens is 1. The number of hydrogen-bond acceptors (Lipinski definition) is 1. The Bertz CT molecular complexity index is 454. The molecule has 2 aromatic rings. The van der Waals surface area contributed by atoms with Gasteiger partial charge >= 0.3 is 0 Å². The van der Waals surface area contributed by atoms with Gasteiger partial charge in [0.25, 0.3) is 0 Å². The summed E-state index contributed by atoms with van der Waals surface area (Å²) in [6.45, 7) is 0.885. The van der Waals surface area contributed by atoms with E-state index in [4.69, 9.17) is 4.74 Å². The Kier molecular flexibility index (Phi) is 1.30. The van der Waals surface area contributed by atoms with Crippen LogP contribution in [0.25, 0.3) is 10.9 Å². The zero-order valence-corrected chi connectivity index (χ0v) is 7.53. The van der Waals surface area contributed by atoms with Crippen LogP contribution >= 0.6 is 0 Å². The highest BCUT2D eigenvalue weighted by atomic mass is 16.6. The molecule has 66 valence electrons. The fourth-order valence-corrected chi connectivity index (χ4v) is 1.72. The average Bonchev–Trinajstić information content (AvgIpc) is 2.93. The number of epoxide rings is 1. The maximum atomic E-state index is 5.25. The van der Waals surface area contributed by atoms with E-state index in [0.717, 1.165) is 6.61 Å². The number of nitrogens with zero attached hydrogens (tertiary/aromatic N) is 1. The molecule has 1 aromatic carbocycles. The van der Waals surface area contributed by atoms with Gasteiger partial charge in [0.1, 0.15) is 6.10 Å². The molecule has 13 heavy (non-hydrogen) atoms. The molecule has 1 aromatic heterocycles. The Balaban J connectivity index is 2.24. The van der Waals surface area contributed by atoms with Crippen molar-refractivity contribution in [2.24, 2.45) is 7.05 Å². The summed E-state index contributed by atoms with van der Waals surface area (Å²) < 4.78 is 7.39. The lowest BCUT2D eigenvalue weighted by Gasteiger charge is -1.99. The van der Waals surface area contributed by atoms with E-state index in [-0.39, 0.29) is 0 Å². The van der Waals surface area contributed by atoms with Crippen LogP contribution in [-0.4, -0.2) is 11.2 Å². The summed E-state index contributed by atoms with van der Waals surface area (Å²) in [5.41, 5.74) is 2.59. The van der Waals surface area contributed by atoms with E-state index < -0.39 is 0 Å². The highest BCUT2D eigenvalue weighted by molar-refractivity contribution is 5.80. The van der Waals surface area contributed by atoms with E-state index in [9.17, 15) is 0 Å². The summed E-state index contributed by atoms with van der Waals surface area (Å²) in [5.74, 6) is 0. The number of rotatable bonds is 1. The second-order valence-electron chi connectivity index (χ2n) is 3.57. The Morgan fingerprint density at radius 2 is 2.23 bits per heavy atom. The van der Waals surface area contributed by atoms with Crippen LogP contribution in [0, 0.1) is 0 Å². The highest BCUT2D eigenvalue weighted by Gasteiger charge is 2.24. The summed E-state index contributed by atoms with van der Waals surface area (Å²) in [6, 6.07) is 8.66. The quantitative estimate of drug-likeness (QED) is 0.604. The van der Waals surface area contributed by atoms with E-state index in [0.29, 0.717) is 6.10 Å². The van der Waals surface area contributed by atoms with Crippen LogP contribution in [0.15, 0.2) is 30.5 Å². The molecule has 0 spiro atoms. The second kappa shape index (κ2) is 2.36. The van der Waals surface area contributed by atoms with Gasteiger partial charge in [-0.1, -0.05) is 12.1 Å². The second-order valence-corrected chi connectivity index (χ2v) is 3.57. The molecule has 1 aliphatic heterocycles. The summed E-state index contributed by atoms with van der Waals surface area (Å²) in [4.78, 5) is 0. The highest BCUT2D eigenvalue weighted by Crippen LogP contribution is 2.31. The van der Waals surface area contributed by atoms with Crippen LogP contribution in [0.2, 0.25) is 0 Å². The first kappa shape index (κ1) is 7.15. The van der Waals surface area contributed by atoms with Gasteiger partial charge in [-0.2, -0.15) is 0 Å². The molecular weight excluding hydrogens is 162 g/mol. The number of fused-ring (bicyclic) bond motifs is 1. The predicted molar refractivity (Wildman–Crippen MR) is 51.6 cm³/mol. The molecule has 1 unspecified atom stereocenters. The van der Waals surface area contributed by atoms with Gasteiger partial charge in [0.15, 0.2) is 0 Å². The van der Waals surface area contributed by atoms with Crippen molar-refractivity contribution in [3.05, 3.63) is 36.0 Å². The lowest BCUT2D eigenvalue weighted by Crippen LogP contribution is -1.86. The summed E-state index contributed by atoms with van der Waals surface area (Å²) in [7, 11) is 2.07. The number of ether oxygens (including phenoxy) is 1. The van der Waals surface area contributed by atoms with Gasteiger partial charge < -0.3 is 9.30 Å². The predicted octanol–water partition coefficient (Wildman–Crippen LogP) is 2.25. The van der Waals surface area contributed by atoms with Gasteiger partial charge in [0, 0.05) is 18.8 Å². The minimum Gasteiger partial charge on any atom is -0.368 e. The van der Waals surface area contributed by atoms with E-state index in [1.165, 1.54) is 16.5 Å². The SMILES string of the molecule is Cn1ccc2ccc(C3CO3)cc21. The van der Waals surface area contributed by atoms with Crippen molar-refractivity contribution in [2.75, 3.05) is 6.61 Å². The van der Waals surface area contributed by atoms with E-state index in [1.54, 1.807) is 0 Å². The third-order valence-electron chi connectivity index (χ3n) is 2.62. The van der Waals surface area contributed by atoms with Gasteiger partial charge in [-0.15, -0.1) is 0 Å². The summed E-state index contributed by atoms with van der Waals surface area (Å²) >= 11 is 0. The minimum atomic E-state index is 0.360. The van der Waals surface area contributed by atoms with Crippen LogP contribution in [0.1, 0.15) is 11.7 Å². The molecule has 2 heterocycles. The lowest BCUT2D eigenvalue weighted by atomic mass is 10.1. The smallest absolute Gasteiger partial charge is 0.106 e. The normalized spacial score (nSPS) is 20.8. The van der Waals surface area contributed by atoms with Crippen LogP contribution in [0.3, 0.4) is 0 Å². The maximum Gasteiger partial charge on any atom is 0.106 e. The number of aryl methyl sites for hydroxylation is 1. The van der Waals surface area contributed by atoms with Crippen LogP contribution in [0.4, 0.5) is 0 Å². The Morgan fingerprint density at radius 3 is 3.00 bits per heavy atom. The molecule has 0 bridgehead atoms. The molecule has 0 N–H and O–H groups in total. The van der Waals surface area contributed by atoms with Crippen molar-refractivity contribution in [1.29, 1.82) is 0 Å². The third kappa shape index (κ3) is 1.06. The fraction of sp³-hybridized carbons (Fsp3) is 0.273. The topological polar surface area (TPSA) is 17.5 Å². The van der Waals surface area contributed by atoms with Crippen LogP contribution in [0.5, 0.6) is 0 Å². The van der Waals surface area contributed by atoms with Gasteiger partial charge in [-0.25, -0.2) is 0 Å². The van der Waals surface area contributed by atoms with Crippen molar-refractivity contribution in [2.45, 2.75) is 6.10 Å². The van der Waals surface area contributed by atoms with Crippen molar-refractivity contribution >= 4 is 10.9 Å². The van der Waals surface area contributed by atoms with E-state index >= 15 is 0 Å². The fourth-order valence-electron chi connectivity index (χ4n) is 1.72. The van der Waals surface area contributed by atoms with Crippen molar-refractivity contribution in [3.63, 3.8) is 0 Å². The van der Waals surface area contributed by atoms with Gasteiger partial charge in [-0.05, 0) is 23.1 Å². The van der Waals surface area contributed by atoms with E-state index in [1.807, 2.05) is 0 Å². The van der Waals surface area contributed by atoms with Gasteiger partial charge in [-0.3, -0.25) is 0 Å². The Hall–Kier alpha value is -1.28. The number of hydrogen-bond donors (Lipinski definition) is 0. The molecule has 0 amide bonds. The van der Waals surface area contributed by atoms with Gasteiger partial charge in [0.05, 0.1) is 6.61 Å². The largest absolute Gasteiger partial charge is 0.368 e. The Morgan fingerprint density at radius 1 is 1.38 bits per heavy atom. The first-order valence-corrected chi connectivity index (χ1v) is 4.51. The first-order valence-electron chi connectivity index (χ1n) is 4.51. The standard InChI is InChI=1S/C11H11NO/c1-12-5-4-8-2-3-9(6-10(8)12)11-7-13-11/h2-6,11H,7H2,1H3. The molecule has 1 fully saturated rings. The maximum absolute atomic E-state index is 5.25. The molecule has 3 rings (SSSR count). The zero-order valence-electron chi connectivity index (χ0n) is 7.53. The zero-order chi connectivity index (χ0) is 8.84. The summed E-state index contributed by atoms with van der Waals surface area (Å²) in [5, 5.41) is 1.30. The monoisotopic (exact) mass is 173 g/mol. The summed E-state index contributed by atoms with van der Waals surface area (Å²) in [6.07, 6.45) is 2.45. The molecule has 1 atom stereocenters. The number of benzene rings is 1. The lowest BCUT2D eigenvalue weighted by molar-refractivity contribution is 0.416. The molecule has 1 saturated heterocycles. The minimum absolute atomic E-state index is 0.360. The van der Waals surface area contributed by atoms with Crippen LogP contribution in [-0.2, 0) is 11.8 Å². The van der Waals surface area contributed by atoms with Gasteiger partial charge in [0.2, 0.25) is 0 Å². The van der Waals surface area contributed by atoms with Crippen molar-refractivity contribution in [1.82, 2.24) is 4.57 Å². The van der Waals surface area contributed by atoms with Crippen molar-refractivity contribution < 1.29 is 4.74 Å².